The topological polar surface area (TPSA) is 34.4 Å². The Morgan fingerprint density at radius 3 is 2.72 bits per heavy atom. The average molecular weight is 245 g/mol. The Labute approximate surface area is 108 Å². The minimum absolute atomic E-state index is 0.374. The maximum atomic E-state index is 5.38. The molecule has 1 aromatic heterocycles. The van der Waals surface area contributed by atoms with Crippen molar-refractivity contribution in [1.29, 1.82) is 0 Å². The maximum Gasteiger partial charge on any atom is 0.122 e. The summed E-state index contributed by atoms with van der Waals surface area (Å²) in [5, 5.41) is 3.34. The Morgan fingerprint density at radius 1 is 1.22 bits per heavy atom. The van der Waals surface area contributed by atoms with Gasteiger partial charge in [0.05, 0.1) is 19.6 Å². The van der Waals surface area contributed by atoms with E-state index in [2.05, 4.69) is 11.4 Å². The monoisotopic (exact) mass is 245 g/mol. The molecule has 3 nitrogen and oxygen atoms in total. The molecule has 1 aromatic carbocycles. The smallest absolute Gasteiger partial charge is 0.122 e. The number of hydrogen-bond donors (Lipinski definition) is 1. The van der Waals surface area contributed by atoms with Crippen LogP contribution in [-0.4, -0.2) is 20.2 Å². The lowest BCUT2D eigenvalue weighted by molar-refractivity contribution is 0.405. The molecule has 96 valence electrons. The fourth-order valence-electron chi connectivity index (χ4n) is 2.11. The molecule has 3 heteroatoms. The number of benzene rings is 1. The number of rotatable bonds is 6. The molecule has 2 rings (SSSR count). The fourth-order valence-corrected chi connectivity index (χ4v) is 2.11. The van der Waals surface area contributed by atoms with E-state index in [9.17, 15) is 0 Å². The minimum Gasteiger partial charge on any atom is -0.496 e. The number of para-hydroxylation sites is 1. The lowest BCUT2D eigenvalue weighted by Gasteiger charge is -2.17. The van der Waals surface area contributed by atoms with Crippen molar-refractivity contribution < 1.29 is 9.15 Å². The Kier molecular flexibility index (Phi) is 4.42. The first kappa shape index (κ1) is 12.7. The molecule has 0 spiro atoms. The van der Waals surface area contributed by atoms with Gasteiger partial charge in [-0.15, -0.1) is 0 Å². The molecule has 0 fully saturated rings. The number of nitrogens with one attached hydrogen (secondary N) is 1. The van der Waals surface area contributed by atoms with Crippen molar-refractivity contribution >= 4 is 0 Å². The van der Waals surface area contributed by atoms with Crippen LogP contribution in [0.5, 0.6) is 5.75 Å². The van der Waals surface area contributed by atoms with Gasteiger partial charge in [-0.1, -0.05) is 18.2 Å². The molecule has 2 aromatic rings. The van der Waals surface area contributed by atoms with Gasteiger partial charge in [-0.3, -0.25) is 0 Å². The molecule has 0 aliphatic heterocycles. The average Bonchev–Trinajstić information content (AvgIpc) is 2.91. The second-order valence-corrected chi connectivity index (χ2v) is 4.34. The standard InChI is InChI=1S/C15H19NO2/c1-16-14(9-12-7-8-18-11-12)10-13-5-3-4-6-15(13)17-2/h3-8,11,14,16H,9-10H2,1-2H3. The van der Waals surface area contributed by atoms with Gasteiger partial charge in [0.1, 0.15) is 5.75 Å². The molecule has 1 atom stereocenters. The number of methoxy groups -OCH3 is 1. The van der Waals surface area contributed by atoms with Gasteiger partial charge in [0.2, 0.25) is 0 Å². The zero-order valence-corrected chi connectivity index (χ0v) is 10.8. The quantitative estimate of drug-likeness (QED) is 0.849. The molecule has 1 unspecified atom stereocenters. The molecule has 0 saturated heterocycles. The third-order valence-electron chi connectivity index (χ3n) is 3.13. The molecule has 0 amide bonds. The van der Waals surface area contributed by atoms with Crippen LogP contribution in [0.25, 0.3) is 0 Å². The Bertz CT molecular complexity index is 465. The SMILES string of the molecule is CNC(Cc1ccoc1)Cc1ccccc1OC. The second kappa shape index (κ2) is 6.26. The summed E-state index contributed by atoms with van der Waals surface area (Å²) in [4.78, 5) is 0. The Balaban J connectivity index is 2.05. The van der Waals surface area contributed by atoms with E-state index in [-0.39, 0.29) is 0 Å². The van der Waals surface area contributed by atoms with Gasteiger partial charge in [-0.05, 0) is 43.1 Å². The van der Waals surface area contributed by atoms with Gasteiger partial charge in [0.15, 0.2) is 0 Å². The van der Waals surface area contributed by atoms with Crippen molar-refractivity contribution in [3.63, 3.8) is 0 Å². The van der Waals surface area contributed by atoms with Gasteiger partial charge in [0.25, 0.3) is 0 Å². The fraction of sp³-hybridized carbons (Fsp3) is 0.333. The highest BCUT2D eigenvalue weighted by Crippen LogP contribution is 2.20. The van der Waals surface area contributed by atoms with Crippen molar-refractivity contribution in [2.75, 3.05) is 14.2 Å². The summed E-state index contributed by atoms with van der Waals surface area (Å²) in [6.07, 6.45) is 5.40. The summed E-state index contributed by atoms with van der Waals surface area (Å²) in [6.45, 7) is 0. The normalized spacial score (nSPS) is 12.3. The van der Waals surface area contributed by atoms with Crippen molar-refractivity contribution in [1.82, 2.24) is 5.32 Å². The molecule has 1 heterocycles. The molecule has 0 bridgehead atoms. The number of ether oxygens (including phenoxy) is 1. The van der Waals surface area contributed by atoms with Crippen molar-refractivity contribution in [3.8, 4) is 5.75 Å². The molecule has 0 aliphatic carbocycles. The van der Waals surface area contributed by atoms with Crippen LogP contribution in [0.4, 0.5) is 0 Å². The number of likely N-dealkylation sites (N-methyl/N-ethyl adjacent to an activating group) is 1. The highest BCUT2D eigenvalue weighted by atomic mass is 16.5. The van der Waals surface area contributed by atoms with Gasteiger partial charge < -0.3 is 14.5 Å². The molecule has 1 N–H and O–H groups in total. The summed E-state index contributed by atoms with van der Waals surface area (Å²) in [5.41, 5.74) is 2.44. The summed E-state index contributed by atoms with van der Waals surface area (Å²) >= 11 is 0. The van der Waals surface area contributed by atoms with Crippen LogP contribution < -0.4 is 10.1 Å². The van der Waals surface area contributed by atoms with Crippen molar-refractivity contribution in [2.45, 2.75) is 18.9 Å². The van der Waals surface area contributed by atoms with Crippen LogP contribution in [0.15, 0.2) is 47.3 Å². The summed E-state index contributed by atoms with van der Waals surface area (Å²) in [6, 6.07) is 10.5. The van der Waals surface area contributed by atoms with Gasteiger partial charge >= 0.3 is 0 Å². The van der Waals surface area contributed by atoms with Crippen molar-refractivity contribution in [3.05, 3.63) is 54.0 Å². The van der Waals surface area contributed by atoms with Crippen LogP contribution >= 0.6 is 0 Å². The lowest BCUT2D eigenvalue weighted by atomic mass is 10.00. The zero-order valence-electron chi connectivity index (χ0n) is 10.8. The van der Waals surface area contributed by atoms with E-state index in [0.717, 1.165) is 18.6 Å². The van der Waals surface area contributed by atoms with Crippen LogP contribution in [0.1, 0.15) is 11.1 Å². The van der Waals surface area contributed by atoms with Gasteiger partial charge in [-0.25, -0.2) is 0 Å². The van der Waals surface area contributed by atoms with Crippen LogP contribution in [0.3, 0.4) is 0 Å². The molecular formula is C15H19NO2. The second-order valence-electron chi connectivity index (χ2n) is 4.34. The predicted molar refractivity (Wildman–Crippen MR) is 72.0 cm³/mol. The number of hydrogen-bond acceptors (Lipinski definition) is 3. The molecule has 0 saturated carbocycles. The first-order valence-corrected chi connectivity index (χ1v) is 6.13. The maximum absolute atomic E-state index is 5.38. The van der Waals surface area contributed by atoms with Gasteiger partial charge in [-0.2, -0.15) is 0 Å². The van der Waals surface area contributed by atoms with Crippen molar-refractivity contribution in [2.24, 2.45) is 0 Å². The highest BCUT2D eigenvalue weighted by molar-refractivity contribution is 5.34. The van der Waals surface area contributed by atoms with E-state index in [1.54, 1.807) is 19.6 Å². The van der Waals surface area contributed by atoms with E-state index in [1.165, 1.54) is 11.1 Å². The van der Waals surface area contributed by atoms with E-state index < -0.39 is 0 Å². The summed E-state index contributed by atoms with van der Waals surface area (Å²) in [7, 11) is 3.70. The minimum atomic E-state index is 0.374. The highest BCUT2D eigenvalue weighted by Gasteiger charge is 2.11. The Morgan fingerprint density at radius 2 is 2.06 bits per heavy atom. The third-order valence-corrected chi connectivity index (χ3v) is 3.13. The molecular weight excluding hydrogens is 226 g/mol. The lowest BCUT2D eigenvalue weighted by Crippen LogP contribution is -2.29. The first-order valence-electron chi connectivity index (χ1n) is 6.13. The zero-order chi connectivity index (χ0) is 12.8. The largest absolute Gasteiger partial charge is 0.496 e. The predicted octanol–water partition coefficient (Wildman–Crippen LogP) is 2.66. The van der Waals surface area contributed by atoms with Gasteiger partial charge in [0, 0.05) is 6.04 Å². The summed E-state index contributed by atoms with van der Waals surface area (Å²) < 4.78 is 10.5. The number of furan rings is 1. The summed E-state index contributed by atoms with van der Waals surface area (Å²) in [5.74, 6) is 0.949. The Hall–Kier alpha value is -1.74. The third kappa shape index (κ3) is 3.14. The van der Waals surface area contributed by atoms with Crippen LogP contribution in [0, 0.1) is 0 Å². The molecule has 0 radical (unpaired) electrons. The van der Waals surface area contributed by atoms with E-state index in [0.29, 0.717) is 6.04 Å². The van der Waals surface area contributed by atoms with E-state index in [1.807, 2.05) is 31.3 Å². The van der Waals surface area contributed by atoms with E-state index in [4.69, 9.17) is 9.15 Å². The van der Waals surface area contributed by atoms with Crippen LogP contribution in [-0.2, 0) is 12.8 Å². The van der Waals surface area contributed by atoms with E-state index >= 15 is 0 Å². The van der Waals surface area contributed by atoms with Crippen LogP contribution in [0.2, 0.25) is 0 Å². The first-order chi connectivity index (χ1) is 8.83. The molecule has 0 aliphatic rings. The molecule has 18 heavy (non-hydrogen) atoms.